The number of hydrogen-bond donors (Lipinski definition) is 1. The van der Waals surface area contributed by atoms with E-state index in [1.165, 1.54) is 18.3 Å². The molecule has 0 bridgehead atoms. The standard InChI is InChI=1S/C19H19FN4O2/c1-23(19-6-3-2-5-16(19)20)12-4-10-22-17-7-8-18(24(25)26)15-13-21-11-9-14(15)17/h2-3,5-9,11,13,22H,4,10,12H2,1H3. The number of nitrogens with one attached hydrogen (secondary N) is 1. The highest BCUT2D eigenvalue weighted by molar-refractivity contribution is 5.99. The predicted molar refractivity (Wildman–Crippen MR) is 101 cm³/mol. The molecule has 3 rings (SSSR count). The van der Waals surface area contributed by atoms with Crippen molar-refractivity contribution in [1.82, 2.24) is 4.98 Å². The molecule has 0 unspecified atom stereocenters. The average Bonchev–Trinajstić information content (AvgIpc) is 2.65. The maximum atomic E-state index is 13.8. The second-order valence-corrected chi connectivity index (χ2v) is 5.96. The molecule has 3 aromatic rings. The van der Waals surface area contributed by atoms with Crippen molar-refractivity contribution in [3.63, 3.8) is 0 Å². The van der Waals surface area contributed by atoms with Crippen molar-refractivity contribution in [2.75, 3.05) is 30.4 Å². The van der Waals surface area contributed by atoms with Crippen LogP contribution in [0.5, 0.6) is 0 Å². The van der Waals surface area contributed by atoms with Crippen LogP contribution >= 0.6 is 0 Å². The maximum absolute atomic E-state index is 13.8. The van der Waals surface area contributed by atoms with Crippen molar-refractivity contribution in [2.45, 2.75) is 6.42 Å². The molecular weight excluding hydrogens is 335 g/mol. The molecule has 1 heterocycles. The zero-order chi connectivity index (χ0) is 18.5. The monoisotopic (exact) mass is 354 g/mol. The third-order valence-electron chi connectivity index (χ3n) is 4.24. The summed E-state index contributed by atoms with van der Waals surface area (Å²) in [5.74, 6) is -0.239. The van der Waals surface area contributed by atoms with Crippen molar-refractivity contribution in [2.24, 2.45) is 0 Å². The molecule has 134 valence electrons. The van der Waals surface area contributed by atoms with Gasteiger partial charge in [0.2, 0.25) is 0 Å². The van der Waals surface area contributed by atoms with E-state index in [9.17, 15) is 14.5 Å². The lowest BCUT2D eigenvalue weighted by Crippen LogP contribution is -2.21. The van der Waals surface area contributed by atoms with Gasteiger partial charge in [0.25, 0.3) is 5.69 Å². The van der Waals surface area contributed by atoms with E-state index >= 15 is 0 Å². The zero-order valence-electron chi connectivity index (χ0n) is 14.4. The number of nitro groups is 1. The number of halogens is 1. The molecule has 26 heavy (non-hydrogen) atoms. The highest BCUT2D eigenvalue weighted by Crippen LogP contribution is 2.30. The summed E-state index contributed by atoms with van der Waals surface area (Å²) in [6.45, 7) is 1.34. The Kier molecular flexibility index (Phi) is 5.26. The number of non-ortho nitro benzene ring substituents is 1. The van der Waals surface area contributed by atoms with E-state index in [1.54, 1.807) is 30.5 Å². The molecule has 0 amide bonds. The number of nitro benzene ring substituents is 1. The first kappa shape index (κ1) is 17.6. The number of rotatable bonds is 7. The molecule has 0 aliphatic heterocycles. The Bertz CT molecular complexity index is 932. The Morgan fingerprint density at radius 3 is 2.77 bits per heavy atom. The summed E-state index contributed by atoms with van der Waals surface area (Å²) in [7, 11) is 1.85. The molecule has 0 fully saturated rings. The lowest BCUT2D eigenvalue weighted by molar-refractivity contribution is -0.383. The summed E-state index contributed by atoms with van der Waals surface area (Å²) in [6, 6.07) is 11.6. The van der Waals surface area contributed by atoms with E-state index in [-0.39, 0.29) is 11.5 Å². The Morgan fingerprint density at radius 1 is 1.19 bits per heavy atom. The summed E-state index contributed by atoms with van der Waals surface area (Å²) in [5.41, 5.74) is 1.43. The average molecular weight is 354 g/mol. The molecule has 0 saturated heterocycles. The Hall–Kier alpha value is -3.22. The Labute approximate surface area is 150 Å². The van der Waals surface area contributed by atoms with Gasteiger partial charge in [0.15, 0.2) is 0 Å². The third kappa shape index (κ3) is 3.72. The maximum Gasteiger partial charge on any atom is 0.278 e. The van der Waals surface area contributed by atoms with E-state index in [0.29, 0.717) is 24.2 Å². The smallest absolute Gasteiger partial charge is 0.278 e. The molecule has 0 aliphatic carbocycles. The van der Waals surface area contributed by atoms with Gasteiger partial charge in [-0.1, -0.05) is 12.1 Å². The first-order valence-corrected chi connectivity index (χ1v) is 8.28. The van der Waals surface area contributed by atoms with Crippen LogP contribution in [0.15, 0.2) is 54.9 Å². The normalized spacial score (nSPS) is 10.7. The lowest BCUT2D eigenvalue weighted by atomic mass is 10.1. The molecule has 7 heteroatoms. The zero-order valence-corrected chi connectivity index (χ0v) is 14.4. The fraction of sp³-hybridized carbons (Fsp3) is 0.211. The first-order chi connectivity index (χ1) is 12.6. The lowest BCUT2D eigenvalue weighted by Gasteiger charge is -2.20. The number of anilines is 2. The highest BCUT2D eigenvalue weighted by atomic mass is 19.1. The van der Waals surface area contributed by atoms with E-state index in [2.05, 4.69) is 10.3 Å². The largest absolute Gasteiger partial charge is 0.384 e. The van der Waals surface area contributed by atoms with Crippen LogP contribution in [0.2, 0.25) is 0 Å². The summed E-state index contributed by atoms with van der Waals surface area (Å²) in [4.78, 5) is 16.6. The van der Waals surface area contributed by atoms with Crippen LogP contribution in [0.3, 0.4) is 0 Å². The van der Waals surface area contributed by atoms with Crippen molar-refractivity contribution < 1.29 is 9.31 Å². The second kappa shape index (κ2) is 7.77. The fourth-order valence-corrected chi connectivity index (χ4v) is 2.91. The van der Waals surface area contributed by atoms with E-state index < -0.39 is 4.92 Å². The Balaban J connectivity index is 1.65. The van der Waals surface area contributed by atoms with Gasteiger partial charge in [-0.15, -0.1) is 0 Å². The number of hydrogen-bond acceptors (Lipinski definition) is 5. The van der Waals surface area contributed by atoms with Crippen LogP contribution in [0.4, 0.5) is 21.5 Å². The molecule has 2 aromatic carbocycles. The van der Waals surface area contributed by atoms with Gasteiger partial charge in [0.1, 0.15) is 5.82 Å². The van der Waals surface area contributed by atoms with Crippen LogP contribution in [-0.2, 0) is 0 Å². The van der Waals surface area contributed by atoms with Gasteiger partial charge in [-0.25, -0.2) is 4.39 Å². The quantitative estimate of drug-likeness (QED) is 0.391. The van der Waals surface area contributed by atoms with Crippen molar-refractivity contribution in [3.8, 4) is 0 Å². The molecule has 0 atom stereocenters. The minimum Gasteiger partial charge on any atom is -0.384 e. The van der Waals surface area contributed by atoms with Crippen LogP contribution < -0.4 is 10.2 Å². The van der Waals surface area contributed by atoms with Gasteiger partial charge in [-0.3, -0.25) is 15.1 Å². The summed E-state index contributed by atoms with van der Waals surface area (Å²) in [6.07, 6.45) is 3.90. The first-order valence-electron chi connectivity index (χ1n) is 8.28. The van der Waals surface area contributed by atoms with E-state index in [1.807, 2.05) is 18.0 Å². The molecule has 0 aliphatic rings. The van der Waals surface area contributed by atoms with E-state index in [0.717, 1.165) is 17.5 Å². The minimum atomic E-state index is -0.406. The van der Waals surface area contributed by atoms with Gasteiger partial charge in [0.05, 0.1) is 16.0 Å². The van der Waals surface area contributed by atoms with Gasteiger partial charge in [-0.05, 0) is 30.7 Å². The molecule has 1 aromatic heterocycles. The van der Waals surface area contributed by atoms with Crippen molar-refractivity contribution >= 4 is 27.8 Å². The predicted octanol–water partition coefficient (Wildman–Crippen LogP) is 4.22. The molecule has 0 spiro atoms. The molecular formula is C19H19FN4O2. The minimum absolute atomic E-state index is 0.0398. The number of aromatic nitrogens is 1. The second-order valence-electron chi connectivity index (χ2n) is 5.96. The van der Waals surface area contributed by atoms with Gasteiger partial charge < -0.3 is 10.2 Å². The molecule has 1 N–H and O–H groups in total. The van der Waals surface area contributed by atoms with E-state index in [4.69, 9.17) is 0 Å². The Morgan fingerprint density at radius 2 is 2.00 bits per heavy atom. The fourth-order valence-electron chi connectivity index (χ4n) is 2.91. The van der Waals surface area contributed by atoms with Gasteiger partial charge >= 0.3 is 0 Å². The molecule has 6 nitrogen and oxygen atoms in total. The van der Waals surface area contributed by atoms with Gasteiger partial charge in [-0.2, -0.15) is 0 Å². The number of para-hydroxylation sites is 1. The number of pyridine rings is 1. The molecule has 0 saturated carbocycles. The summed E-state index contributed by atoms with van der Waals surface area (Å²) >= 11 is 0. The van der Waals surface area contributed by atoms with Crippen LogP contribution in [0, 0.1) is 15.9 Å². The van der Waals surface area contributed by atoms with Crippen molar-refractivity contribution in [3.05, 3.63) is 70.8 Å². The van der Waals surface area contributed by atoms with Crippen molar-refractivity contribution in [1.29, 1.82) is 0 Å². The van der Waals surface area contributed by atoms with Crippen LogP contribution in [0.1, 0.15) is 6.42 Å². The molecule has 0 radical (unpaired) electrons. The topological polar surface area (TPSA) is 71.3 Å². The number of fused-ring (bicyclic) bond motifs is 1. The summed E-state index contributed by atoms with van der Waals surface area (Å²) in [5, 5.41) is 15.7. The number of nitrogens with zero attached hydrogens (tertiary/aromatic N) is 3. The SMILES string of the molecule is CN(CCCNc1ccc([N+](=O)[O-])c2cnccc12)c1ccccc1F. The highest BCUT2D eigenvalue weighted by Gasteiger charge is 2.14. The van der Waals surface area contributed by atoms with Gasteiger partial charge in [0, 0.05) is 49.7 Å². The third-order valence-corrected chi connectivity index (χ3v) is 4.24. The summed E-state index contributed by atoms with van der Waals surface area (Å²) < 4.78 is 13.8. The number of benzene rings is 2. The van der Waals surface area contributed by atoms with Crippen LogP contribution in [-0.4, -0.2) is 30.0 Å². The van der Waals surface area contributed by atoms with Crippen LogP contribution in [0.25, 0.3) is 10.8 Å².